The van der Waals surface area contributed by atoms with Crippen LogP contribution in [0.25, 0.3) is 22.0 Å². The maximum absolute atomic E-state index is 11.7. The van der Waals surface area contributed by atoms with Crippen LogP contribution in [0.5, 0.6) is 0 Å². The third kappa shape index (κ3) is 2.16. The normalized spacial score (nSPS) is 17.7. The van der Waals surface area contributed by atoms with Gasteiger partial charge in [-0.15, -0.1) is 0 Å². The molecule has 1 atom stereocenters. The second kappa shape index (κ2) is 5.13. The lowest BCUT2D eigenvalue weighted by atomic mass is 9.93. The highest BCUT2D eigenvalue weighted by molar-refractivity contribution is 5.97. The summed E-state index contributed by atoms with van der Waals surface area (Å²) in [6.45, 7) is 3.79. The minimum Gasteiger partial charge on any atom is -0.454 e. The molecule has 3 heteroatoms. The van der Waals surface area contributed by atoms with Crippen LogP contribution in [0.4, 0.5) is 0 Å². The molecule has 4 rings (SSSR count). The van der Waals surface area contributed by atoms with Crippen molar-refractivity contribution in [1.29, 1.82) is 0 Å². The maximum Gasteiger partial charge on any atom is 0.334 e. The summed E-state index contributed by atoms with van der Waals surface area (Å²) in [4.78, 5) is 11.7. The Bertz CT molecular complexity index is 920. The van der Waals surface area contributed by atoms with Gasteiger partial charge >= 0.3 is 5.97 Å². The molecule has 0 bridgehead atoms. The Balaban J connectivity index is 1.89. The van der Waals surface area contributed by atoms with E-state index in [9.17, 15) is 4.79 Å². The summed E-state index contributed by atoms with van der Waals surface area (Å²) in [5.41, 5.74) is 5.03. The Morgan fingerprint density at radius 3 is 2.65 bits per heavy atom. The summed E-state index contributed by atoms with van der Waals surface area (Å²) in [6.07, 6.45) is 2.37. The van der Waals surface area contributed by atoms with Crippen molar-refractivity contribution in [3.05, 3.63) is 72.4 Å². The lowest BCUT2D eigenvalue weighted by Gasteiger charge is -2.15. The quantitative estimate of drug-likeness (QED) is 0.519. The summed E-state index contributed by atoms with van der Waals surface area (Å²) in [5, 5.41) is 1.20. The van der Waals surface area contributed by atoms with E-state index in [1.54, 1.807) is 0 Å². The van der Waals surface area contributed by atoms with Crippen molar-refractivity contribution in [2.24, 2.45) is 7.05 Å². The first kappa shape index (κ1) is 13.8. The van der Waals surface area contributed by atoms with E-state index in [1.165, 1.54) is 10.9 Å². The van der Waals surface area contributed by atoms with Crippen molar-refractivity contribution < 1.29 is 9.53 Å². The number of esters is 1. The van der Waals surface area contributed by atoms with Crippen molar-refractivity contribution in [3.8, 4) is 11.1 Å². The van der Waals surface area contributed by atoms with Crippen LogP contribution in [-0.4, -0.2) is 10.5 Å². The van der Waals surface area contributed by atoms with Crippen molar-refractivity contribution in [2.75, 3.05) is 0 Å². The summed E-state index contributed by atoms with van der Waals surface area (Å²) >= 11 is 0. The fraction of sp³-hybridized carbons (Fsp3) is 0.150. The fourth-order valence-corrected chi connectivity index (χ4v) is 3.30. The summed E-state index contributed by atoms with van der Waals surface area (Å²) < 4.78 is 7.61. The number of carbonyl (C=O) groups is 1. The SMILES string of the molecule is C=C1CC(c2ccccc2-c2cccc3c2ccn3C)OC1=O. The average molecular weight is 303 g/mol. The molecule has 1 fully saturated rings. The molecule has 2 heterocycles. The Kier molecular flexibility index (Phi) is 3.08. The van der Waals surface area contributed by atoms with E-state index in [-0.39, 0.29) is 12.1 Å². The van der Waals surface area contributed by atoms with Gasteiger partial charge < -0.3 is 9.30 Å². The van der Waals surface area contributed by atoms with Gasteiger partial charge in [-0.2, -0.15) is 0 Å². The number of fused-ring (bicyclic) bond motifs is 1. The van der Waals surface area contributed by atoms with Gasteiger partial charge in [0.2, 0.25) is 0 Å². The van der Waals surface area contributed by atoms with Crippen LogP contribution in [0.3, 0.4) is 0 Å². The molecule has 0 spiro atoms. The number of hydrogen-bond acceptors (Lipinski definition) is 2. The number of rotatable bonds is 2. The minimum atomic E-state index is -0.289. The molecule has 0 N–H and O–H groups in total. The van der Waals surface area contributed by atoms with Gasteiger partial charge in [-0.1, -0.05) is 43.0 Å². The van der Waals surface area contributed by atoms with E-state index in [2.05, 4.69) is 47.7 Å². The van der Waals surface area contributed by atoms with Gasteiger partial charge in [0, 0.05) is 41.7 Å². The highest BCUT2D eigenvalue weighted by Gasteiger charge is 2.30. The first-order valence-electron chi connectivity index (χ1n) is 7.67. The van der Waals surface area contributed by atoms with E-state index >= 15 is 0 Å². The number of hydrogen-bond donors (Lipinski definition) is 0. The number of aromatic nitrogens is 1. The van der Waals surface area contributed by atoms with E-state index in [0.717, 1.165) is 16.7 Å². The smallest absolute Gasteiger partial charge is 0.334 e. The monoisotopic (exact) mass is 303 g/mol. The second-order valence-corrected chi connectivity index (χ2v) is 5.95. The molecule has 3 aromatic rings. The lowest BCUT2D eigenvalue weighted by molar-refractivity contribution is -0.139. The maximum atomic E-state index is 11.7. The van der Waals surface area contributed by atoms with Crippen LogP contribution >= 0.6 is 0 Å². The number of cyclic esters (lactones) is 1. The van der Waals surface area contributed by atoms with E-state index in [4.69, 9.17) is 4.74 Å². The van der Waals surface area contributed by atoms with Crippen LogP contribution in [0, 0.1) is 0 Å². The third-order valence-corrected chi connectivity index (χ3v) is 4.50. The second-order valence-electron chi connectivity index (χ2n) is 5.95. The molecule has 0 saturated carbocycles. The molecule has 1 aliphatic heterocycles. The first-order valence-corrected chi connectivity index (χ1v) is 7.67. The average Bonchev–Trinajstić information content (AvgIpc) is 3.11. The zero-order valence-electron chi connectivity index (χ0n) is 13.0. The highest BCUT2D eigenvalue weighted by atomic mass is 16.5. The molecule has 1 saturated heterocycles. The first-order chi connectivity index (χ1) is 11.1. The molecule has 2 aromatic carbocycles. The number of ether oxygens (including phenoxy) is 1. The largest absolute Gasteiger partial charge is 0.454 e. The molecule has 1 aliphatic rings. The predicted molar refractivity (Wildman–Crippen MR) is 90.9 cm³/mol. The van der Waals surface area contributed by atoms with Gasteiger partial charge in [0.05, 0.1) is 0 Å². The molecule has 114 valence electrons. The molecule has 1 aromatic heterocycles. The Morgan fingerprint density at radius 2 is 1.87 bits per heavy atom. The van der Waals surface area contributed by atoms with Gasteiger partial charge in [0.25, 0.3) is 0 Å². The molecule has 0 radical (unpaired) electrons. The minimum absolute atomic E-state index is 0.245. The lowest BCUT2D eigenvalue weighted by Crippen LogP contribution is -2.01. The number of nitrogens with zero attached hydrogens (tertiary/aromatic N) is 1. The Hall–Kier alpha value is -2.81. The Labute approximate surface area is 134 Å². The van der Waals surface area contributed by atoms with Crippen LogP contribution in [0.15, 0.2) is 66.9 Å². The molecule has 0 aliphatic carbocycles. The van der Waals surface area contributed by atoms with Gasteiger partial charge in [-0.3, -0.25) is 0 Å². The van der Waals surface area contributed by atoms with Gasteiger partial charge in [-0.05, 0) is 23.3 Å². The van der Waals surface area contributed by atoms with E-state index in [1.807, 2.05) is 25.2 Å². The van der Waals surface area contributed by atoms with Gasteiger partial charge in [-0.25, -0.2) is 4.79 Å². The van der Waals surface area contributed by atoms with Crippen molar-refractivity contribution in [2.45, 2.75) is 12.5 Å². The van der Waals surface area contributed by atoms with Crippen molar-refractivity contribution >= 4 is 16.9 Å². The third-order valence-electron chi connectivity index (χ3n) is 4.50. The van der Waals surface area contributed by atoms with E-state index < -0.39 is 0 Å². The van der Waals surface area contributed by atoms with Crippen LogP contribution in [0.1, 0.15) is 18.1 Å². The molecule has 1 unspecified atom stereocenters. The number of benzene rings is 2. The van der Waals surface area contributed by atoms with Crippen LogP contribution in [0.2, 0.25) is 0 Å². The topological polar surface area (TPSA) is 31.2 Å². The molecule has 0 amide bonds. The molecule has 3 nitrogen and oxygen atoms in total. The zero-order valence-corrected chi connectivity index (χ0v) is 13.0. The molecular formula is C20H17NO2. The van der Waals surface area contributed by atoms with Crippen LogP contribution in [-0.2, 0) is 16.6 Å². The van der Waals surface area contributed by atoms with Gasteiger partial charge in [0.1, 0.15) is 6.10 Å². The van der Waals surface area contributed by atoms with Crippen molar-refractivity contribution in [3.63, 3.8) is 0 Å². The highest BCUT2D eigenvalue weighted by Crippen LogP contribution is 2.39. The van der Waals surface area contributed by atoms with Crippen LogP contribution < -0.4 is 0 Å². The van der Waals surface area contributed by atoms with E-state index in [0.29, 0.717) is 12.0 Å². The zero-order chi connectivity index (χ0) is 16.0. The fourth-order valence-electron chi connectivity index (χ4n) is 3.30. The molecule has 23 heavy (non-hydrogen) atoms. The molecular weight excluding hydrogens is 286 g/mol. The summed E-state index contributed by atoms with van der Waals surface area (Å²) in [5.74, 6) is -0.289. The summed E-state index contributed by atoms with van der Waals surface area (Å²) in [7, 11) is 2.04. The number of carbonyl (C=O) groups excluding carboxylic acids is 1. The van der Waals surface area contributed by atoms with Gasteiger partial charge in [0.15, 0.2) is 0 Å². The predicted octanol–water partition coefficient (Wildman–Crippen LogP) is 4.39. The van der Waals surface area contributed by atoms with Crippen molar-refractivity contribution in [1.82, 2.24) is 4.57 Å². The number of aryl methyl sites for hydroxylation is 1. The summed E-state index contributed by atoms with van der Waals surface area (Å²) in [6, 6.07) is 16.5. The Morgan fingerprint density at radius 1 is 1.09 bits per heavy atom. The standard InChI is InChI=1S/C20H17NO2/c1-13-12-19(23-20(13)22)17-7-4-3-6-15(17)14-8-5-9-18-16(14)10-11-21(18)2/h3-11,19H,1,12H2,2H3.